The van der Waals surface area contributed by atoms with Gasteiger partial charge in [-0.15, -0.1) is 0 Å². The van der Waals surface area contributed by atoms with Crippen molar-refractivity contribution in [1.82, 2.24) is 10.2 Å². The predicted octanol–water partition coefficient (Wildman–Crippen LogP) is 3.94. The summed E-state index contributed by atoms with van der Waals surface area (Å²) < 4.78 is 19.1. The molecule has 138 valence electrons. The standard InChI is InChI=1S/C19H19Cl2FN2O2/c20-15-11-16(21)17(22)10-14(15)19(25)23-12-18(13-4-2-1-3-5-13)24-6-8-26-9-7-24/h1-5,10-11,18H,6-9,12H2,(H,23,25). The summed E-state index contributed by atoms with van der Waals surface area (Å²) in [5.41, 5.74) is 1.17. The molecule has 1 atom stereocenters. The van der Waals surface area contributed by atoms with Gasteiger partial charge in [-0.05, 0) is 17.7 Å². The van der Waals surface area contributed by atoms with Gasteiger partial charge in [-0.1, -0.05) is 53.5 Å². The van der Waals surface area contributed by atoms with E-state index in [0.717, 1.165) is 24.7 Å². The SMILES string of the molecule is O=C(NCC(c1ccccc1)N1CCOCC1)c1cc(F)c(Cl)cc1Cl. The lowest BCUT2D eigenvalue weighted by molar-refractivity contribution is 0.0162. The largest absolute Gasteiger partial charge is 0.379 e. The first-order valence-corrected chi connectivity index (χ1v) is 9.11. The van der Waals surface area contributed by atoms with Crippen LogP contribution in [0.3, 0.4) is 0 Å². The molecule has 26 heavy (non-hydrogen) atoms. The van der Waals surface area contributed by atoms with Gasteiger partial charge in [0.1, 0.15) is 5.82 Å². The second-order valence-corrected chi connectivity index (χ2v) is 6.85. The van der Waals surface area contributed by atoms with E-state index >= 15 is 0 Å². The van der Waals surface area contributed by atoms with E-state index in [1.807, 2.05) is 30.3 Å². The molecule has 0 radical (unpaired) electrons. The molecule has 1 unspecified atom stereocenters. The van der Waals surface area contributed by atoms with E-state index in [1.54, 1.807) is 0 Å². The summed E-state index contributed by atoms with van der Waals surface area (Å²) in [6.45, 7) is 3.26. The lowest BCUT2D eigenvalue weighted by Crippen LogP contribution is -2.43. The topological polar surface area (TPSA) is 41.6 Å². The van der Waals surface area contributed by atoms with Crippen molar-refractivity contribution in [3.05, 3.63) is 69.5 Å². The van der Waals surface area contributed by atoms with Gasteiger partial charge in [0.25, 0.3) is 5.91 Å². The van der Waals surface area contributed by atoms with Crippen LogP contribution in [0.25, 0.3) is 0 Å². The van der Waals surface area contributed by atoms with Crippen LogP contribution in [0.4, 0.5) is 4.39 Å². The van der Waals surface area contributed by atoms with Gasteiger partial charge in [-0.3, -0.25) is 9.69 Å². The van der Waals surface area contributed by atoms with Gasteiger partial charge < -0.3 is 10.1 Å². The van der Waals surface area contributed by atoms with Gasteiger partial charge >= 0.3 is 0 Å². The summed E-state index contributed by atoms with van der Waals surface area (Å²) in [4.78, 5) is 14.8. The van der Waals surface area contributed by atoms with E-state index in [4.69, 9.17) is 27.9 Å². The van der Waals surface area contributed by atoms with Gasteiger partial charge in [-0.2, -0.15) is 0 Å². The number of morpholine rings is 1. The van der Waals surface area contributed by atoms with Gasteiger partial charge in [0, 0.05) is 19.6 Å². The number of nitrogens with zero attached hydrogens (tertiary/aromatic N) is 1. The number of hydrogen-bond acceptors (Lipinski definition) is 3. The fourth-order valence-corrected chi connectivity index (χ4v) is 3.47. The predicted molar refractivity (Wildman–Crippen MR) is 100 cm³/mol. The minimum absolute atomic E-state index is 0.0000253. The molecule has 0 spiro atoms. The van der Waals surface area contributed by atoms with Crippen LogP contribution < -0.4 is 5.32 Å². The summed E-state index contributed by atoms with van der Waals surface area (Å²) in [5, 5.41) is 2.88. The number of amides is 1. The molecule has 1 N–H and O–H groups in total. The zero-order valence-electron chi connectivity index (χ0n) is 14.1. The maximum absolute atomic E-state index is 13.7. The average Bonchev–Trinajstić information content (AvgIpc) is 2.66. The molecular weight excluding hydrogens is 378 g/mol. The molecule has 1 aliphatic heterocycles. The van der Waals surface area contributed by atoms with Crippen LogP contribution in [-0.2, 0) is 4.74 Å². The Hall–Kier alpha value is -1.66. The van der Waals surface area contributed by atoms with E-state index < -0.39 is 11.7 Å². The van der Waals surface area contributed by atoms with Crippen LogP contribution in [0.1, 0.15) is 22.0 Å². The molecule has 1 amide bonds. The van der Waals surface area contributed by atoms with Crippen LogP contribution in [-0.4, -0.2) is 43.7 Å². The highest BCUT2D eigenvalue weighted by molar-refractivity contribution is 6.36. The van der Waals surface area contributed by atoms with Crippen molar-refractivity contribution in [2.45, 2.75) is 6.04 Å². The van der Waals surface area contributed by atoms with E-state index in [1.165, 1.54) is 6.07 Å². The lowest BCUT2D eigenvalue weighted by Gasteiger charge is -2.35. The Morgan fingerprint density at radius 3 is 2.54 bits per heavy atom. The summed E-state index contributed by atoms with van der Waals surface area (Å²) in [5.74, 6) is -1.10. The molecule has 0 saturated carbocycles. The van der Waals surface area contributed by atoms with Crippen molar-refractivity contribution in [2.24, 2.45) is 0 Å². The number of carbonyl (C=O) groups excluding carboxylic acids is 1. The van der Waals surface area contributed by atoms with Crippen LogP contribution >= 0.6 is 23.2 Å². The normalized spacial score (nSPS) is 16.3. The smallest absolute Gasteiger partial charge is 0.252 e. The maximum Gasteiger partial charge on any atom is 0.252 e. The van der Waals surface area contributed by atoms with Crippen LogP contribution in [0.5, 0.6) is 0 Å². The van der Waals surface area contributed by atoms with Gasteiger partial charge in [0.15, 0.2) is 0 Å². The van der Waals surface area contributed by atoms with Crippen molar-refractivity contribution in [1.29, 1.82) is 0 Å². The van der Waals surface area contributed by atoms with Crippen LogP contribution in [0.15, 0.2) is 42.5 Å². The molecule has 2 aromatic rings. The molecule has 0 aromatic heterocycles. The first-order chi connectivity index (χ1) is 12.6. The van der Waals surface area contributed by atoms with Crippen LogP contribution in [0, 0.1) is 5.82 Å². The Kier molecular flexibility index (Phi) is 6.48. The number of benzene rings is 2. The summed E-state index contributed by atoms with van der Waals surface area (Å²) >= 11 is 11.7. The molecule has 7 heteroatoms. The fourth-order valence-electron chi connectivity index (χ4n) is 3.00. The number of nitrogens with one attached hydrogen (secondary N) is 1. The fraction of sp³-hybridized carbons (Fsp3) is 0.316. The number of ether oxygens (including phenoxy) is 1. The molecule has 3 rings (SSSR count). The highest BCUT2D eigenvalue weighted by atomic mass is 35.5. The number of hydrogen-bond donors (Lipinski definition) is 1. The van der Waals surface area contributed by atoms with Gasteiger partial charge in [0.05, 0.1) is 34.9 Å². The average molecular weight is 397 g/mol. The van der Waals surface area contributed by atoms with E-state index in [9.17, 15) is 9.18 Å². The van der Waals surface area contributed by atoms with E-state index in [0.29, 0.717) is 19.8 Å². The minimum atomic E-state index is -0.672. The number of carbonyl (C=O) groups is 1. The Morgan fingerprint density at radius 2 is 1.85 bits per heavy atom. The molecule has 1 fully saturated rings. The van der Waals surface area contributed by atoms with Gasteiger partial charge in [-0.25, -0.2) is 4.39 Å². The lowest BCUT2D eigenvalue weighted by atomic mass is 10.0. The Bertz CT molecular complexity index is 768. The second-order valence-electron chi connectivity index (χ2n) is 6.03. The molecule has 0 aliphatic carbocycles. The monoisotopic (exact) mass is 396 g/mol. The molecule has 1 heterocycles. The molecule has 1 saturated heterocycles. The zero-order valence-corrected chi connectivity index (χ0v) is 15.6. The maximum atomic E-state index is 13.7. The van der Waals surface area contributed by atoms with Crippen molar-refractivity contribution in [3.8, 4) is 0 Å². The minimum Gasteiger partial charge on any atom is -0.379 e. The summed E-state index contributed by atoms with van der Waals surface area (Å²) in [6.07, 6.45) is 0. The first kappa shape index (κ1) is 19.1. The third-order valence-electron chi connectivity index (χ3n) is 4.38. The molecule has 4 nitrogen and oxygen atoms in total. The molecule has 0 bridgehead atoms. The Labute approximate surface area is 161 Å². The third kappa shape index (κ3) is 4.54. The number of halogens is 3. The Balaban J connectivity index is 1.75. The molecule has 1 aliphatic rings. The van der Waals surface area contributed by atoms with E-state index in [2.05, 4.69) is 10.2 Å². The highest BCUT2D eigenvalue weighted by Gasteiger charge is 2.24. The quantitative estimate of drug-likeness (QED) is 0.778. The van der Waals surface area contributed by atoms with Gasteiger partial charge in [0.2, 0.25) is 0 Å². The van der Waals surface area contributed by atoms with Crippen molar-refractivity contribution in [2.75, 3.05) is 32.8 Å². The van der Waals surface area contributed by atoms with Crippen LogP contribution in [0.2, 0.25) is 10.0 Å². The third-order valence-corrected chi connectivity index (χ3v) is 4.98. The van der Waals surface area contributed by atoms with Crippen molar-refractivity contribution < 1.29 is 13.9 Å². The molecular formula is C19H19Cl2FN2O2. The first-order valence-electron chi connectivity index (χ1n) is 8.35. The Morgan fingerprint density at radius 1 is 1.15 bits per heavy atom. The molecule has 2 aromatic carbocycles. The zero-order chi connectivity index (χ0) is 18.5. The van der Waals surface area contributed by atoms with Crippen molar-refractivity contribution >= 4 is 29.1 Å². The summed E-state index contributed by atoms with van der Waals surface area (Å²) in [7, 11) is 0. The summed E-state index contributed by atoms with van der Waals surface area (Å²) in [6, 6.07) is 12.2. The van der Waals surface area contributed by atoms with E-state index in [-0.39, 0.29) is 21.7 Å². The highest BCUT2D eigenvalue weighted by Crippen LogP contribution is 2.25. The second kappa shape index (κ2) is 8.82. The van der Waals surface area contributed by atoms with Crippen molar-refractivity contribution in [3.63, 3.8) is 0 Å². The number of rotatable bonds is 5.